The lowest BCUT2D eigenvalue weighted by atomic mass is 9.49. The number of alkyl halides is 3. The molecule has 6 atom stereocenters. The zero-order chi connectivity index (χ0) is 39.1. The Balaban J connectivity index is 1.29. The SMILES string of the molecule is O=C1[C@@H]2C[C@@H]3C(=CC[C@@H]4C(=O)N(c5cccc(B(O)O)c5)C(=O)[C@@H]43)[C@H](c3ccccc3O)[C@]2(c2ccc(Cl)cc2)C(=O)N1Nc1ncc(C(F)(F)F)cc1Cl. The van der Waals surface area contributed by atoms with Gasteiger partial charge in [-0.25, -0.2) is 4.98 Å². The van der Waals surface area contributed by atoms with E-state index in [0.29, 0.717) is 33.4 Å². The molecule has 4 aromatic rings. The molecule has 55 heavy (non-hydrogen) atoms. The van der Waals surface area contributed by atoms with Gasteiger partial charge in [0, 0.05) is 22.7 Å². The summed E-state index contributed by atoms with van der Waals surface area (Å²) in [7, 11) is -1.86. The predicted molar refractivity (Wildman–Crippen MR) is 194 cm³/mol. The van der Waals surface area contributed by atoms with E-state index in [1.54, 1.807) is 48.5 Å². The summed E-state index contributed by atoms with van der Waals surface area (Å²) >= 11 is 12.5. The minimum absolute atomic E-state index is 0.0575. The van der Waals surface area contributed by atoms with E-state index in [0.717, 1.165) is 4.90 Å². The molecule has 4 N–H and O–H groups in total. The van der Waals surface area contributed by atoms with Gasteiger partial charge in [-0.05, 0) is 66.2 Å². The lowest BCUT2D eigenvalue weighted by Crippen LogP contribution is -2.53. The molecule has 8 rings (SSSR count). The number of hydrogen-bond donors (Lipinski definition) is 4. The van der Waals surface area contributed by atoms with E-state index in [-0.39, 0.29) is 35.3 Å². The van der Waals surface area contributed by atoms with Gasteiger partial charge in [-0.15, -0.1) is 0 Å². The molecule has 4 amide bonds. The number of nitrogens with zero attached hydrogens (tertiary/aromatic N) is 3. The predicted octanol–water partition coefficient (Wildman–Crippen LogP) is 4.98. The van der Waals surface area contributed by atoms with Crippen LogP contribution in [0.4, 0.5) is 24.7 Å². The first-order valence-electron chi connectivity index (χ1n) is 17.1. The molecule has 2 aliphatic carbocycles. The van der Waals surface area contributed by atoms with Crippen molar-refractivity contribution in [1.29, 1.82) is 0 Å². The van der Waals surface area contributed by atoms with Gasteiger partial charge in [-0.1, -0.05) is 77.3 Å². The van der Waals surface area contributed by atoms with Crippen LogP contribution in [-0.4, -0.2) is 55.9 Å². The maximum atomic E-state index is 15.2. The molecule has 1 saturated carbocycles. The fourth-order valence-electron chi connectivity index (χ4n) is 8.94. The van der Waals surface area contributed by atoms with Crippen molar-refractivity contribution in [3.8, 4) is 5.75 Å². The number of carbonyl (C=O) groups excluding carboxylic acids is 4. The lowest BCUT2D eigenvalue weighted by Gasteiger charge is -2.50. The summed E-state index contributed by atoms with van der Waals surface area (Å²) in [5.41, 5.74) is 0.902. The number of carbonyl (C=O) groups is 4. The van der Waals surface area contributed by atoms with E-state index in [9.17, 15) is 42.7 Å². The molecule has 17 heteroatoms. The van der Waals surface area contributed by atoms with Crippen LogP contribution in [0.15, 0.2) is 96.7 Å². The molecule has 280 valence electrons. The van der Waals surface area contributed by atoms with Crippen molar-refractivity contribution < 1.29 is 47.5 Å². The first-order chi connectivity index (χ1) is 26.1. The van der Waals surface area contributed by atoms with Crippen LogP contribution in [-0.2, 0) is 30.8 Å². The van der Waals surface area contributed by atoms with Crippen LogP contribution in [0, 0.1) is 23.7 Å². The van der Waals surface area contributed by atoms with Crippen molar-refractivity contribution in [1.82, 2.24) is 9.99 Å². The number of hydrogen-bond acceptors (Lipinski definition) is 9. The van der Waals surface area contributed by atoms with E-state index in [1.165, 1.54) is 30.3 Å². The molecule has 0 spiro atoms. The summed E-state index contributed by atoms with van der Waals surface area (Å²) in [6.07, 6.45) is -2.54. The summed E-state index contributed by atoms with van der Waals surface area (Å²) < 4.78 is 40.4. The number of allylic oxidation sites excluding steroid dienone is 2. The Hall–Kier alpha value is -5.22. The van der Waals surface area contributed by atoms with Crippen LogP contribution in [0.3, 0.4) is 0 Å². The molecule has 11 nitrogen and oxygen atoms in total. The van der Waals surface area contributed by atoms with Gasteiger partial charge >= 0.3 is 13.3 Å². The molecule has 4 aliphatic rings. The molecule has 3 aromatic carbocycles. The van der Waals surface area contributed by atoms with Gasteiger partial charge in [0.2, 0.25) is 11.8 Å². The van der Waals surface area contributed by atoms with Gasteiger partial charge in [0.25, 0.3) is 11.8 Å². The average molecular weight is 791 g/mol. The Morgan fingerprint density at radius 1 is 0.891 bits per heavy atom. The molecule has 2 aliphatic heterocycles. The topological polar surface area (TPSA) is 160 Å². The summed E-state index contributed by atoms with van der Waals surface area (Å²) in [6.45, 7) is 0. The number of phenols is 1. The number of anilines is 2. The van der Waals surface area contributed by atoms with Gasteiger partial charge in [0.05, 0.1) is 39.4 Å². The number of pyridine rings is 1. The van der Waals surface area contributed by atoms with E-state index in [1.807, 2.05) is 0 Å². The third-order valence-corrected chi connectivity index (χ3v) is 11.8. The minimum Gasteiger partial charge on any atom is -0.508 e. The highest BCUT2D eigenvalue weighted by molar-refractivity contribution is 6.58. The Labute approximate surface area is 321 Å². The Morgan fingerprint density at radius 3 is 2.29 bits per heavy atom. The number of amides is 4. The van der Waals surface area contributed by atoms with Crippen molar-refractivity contribution >= 4 is 70.9 Å². The Bertz CT molecular complexity index is 2330. The first kappa shape index (κ1) is 36.7. The Morgan fingerprint density at radius 2 is 1.62 bits per heavy atom. The molecule has 3 heterocycles. The lowest BCUT2D eigenvalue weighted by molar-refractivity contribution is -0.139. The molecule has 0 bridgehead atoms. The van der Waals surface area contributed by atoms with Crippen LogP contribution in [0.25, 0.3) is 0 Å². The van der Waals surface area contributed by atoms with Gasteiger partial charge in [0.15, 0.2) is 5.82 Å². The van der Waals surface area contributed by atoms with Gasteiger partial charge in [0.1, 0.15) is 5.75 Å². The summed E-state index contributed by atoms with van der Waals surface area (Å²) in [6, 6.07) is 18.8. The third-order valence-electron chi connectivity index (χ3n) is 11.2. The Kier molecular flexibility index (Phi) is 8.83. The van der Waals surface area contributed by atoms with Crippen LogP contribution in [0.1, 0.15) is 35.4 Å². The maximum absolute atomic E-state index is 15.2. The molecule has 3 fully saturated rings. The smallest absolute Gasteiger partial charge is 0.488 e. The summed E-state index contributed by atoms with van der Waals surface area (Å²) in [4.78, 5) is 63.3. The van der Waals surface area contributed by atoms with Gasteiger partial charge in [-0.2, -0.15) is 18.2 Å². The second kappa shape index (κ2) is 13.2. The number of aromatic nitrogens is 1. The summed E-state index contributed by atoms with van der Waals surface area (Å²) in [5.74, 6) is -8.42. The number of imide groups is 2. The number of halogens is 5. The zero-order valence-corrected chi connectivity index (χ0v) is 29.8. The van der Waals surface area contributed by atoms with Crippen LogP contribution in [0.2, 0.25) is 10.0 Å². The largest absolute Gasteiger partial charge is 0.508 e. The number of benzene rings is 3. The number of phenolic OH excluding ortho intramolecular Hbond substituents is 1. The number of para-hydroxylation sites is 1. The fourth-order valence-corrected chi connectivity index (χ4v) is 9.27. The first-order valence-corrected chi connectivity index (χ1v) is 17.9. The minimum atomic E-state index is -4.77. The molecule has 2 saturated heterocycles. The highest BCUT2D eigenvalue weighted by atomic mass is 35.5. The van der Waals surface area contributed by atoms with Gasteiger partial charge in [-0.3, -0.25) is 29.5 Å². The van der Waals surface area contributed by atoms with Crippen molar-refractivity contribution in [2.45, 2.75) is 30.4 Å². The number of fused-ring (bicyclic) bond motifs is 4. The molecule has 1 aromatic heterocycles. The molecule has 0 radical (unpaired) electrons. The second-order valence-corrected chi connectivity index (χ2v) is 14.8. The van der Waals surface area contributed by atoms with E-state index < -0.39 is 88.3 Å². The zero-order valence-electron chi connectivity index (χ0n) is 28.2. The van der Waals surface area contributed by atoms with Crippen molar-refractivity contribution in [3.05, 3.63) is 123 Å². The highest BCUT2D eigenvalue weighted by Gasteiger charge is 2.70. The number of aromatic hydroxyl groups is 1. The van der Waals surface area contributed by atoms with Crippen molar-refractivity contribution in [2.24, 2.45) is 23.7 Å². The number of hydrazine groups is 1. The van der Waals surface area contributed by atoms with Crippen LogP contribution in [0.5, 0.6) is 5.75 Å². The highest BCUT2D eigenvalue weighted by Crippen LogP contribution is 2.65. The van der Waals surface area contributed by atoms with E-state index in [2.05, 4.69) is 10.4 Å². The standard InChI is InChI=1S/C38H28BCl2F3N4O7/c40-21-10-8-18(9-11-21)37-27(34(51)48(36(37)53)46-32-28(41)14-19(17-45-32)38(42,43)44)16-26-23(31(37)24-6-1-2-7-29(24)49)12-13-25-30(26)35(52)47(33(25)50)22-5-3-4-20(15-22)39(54)55/h1-12,14-15,17,25-27,30-31,49,54-55H,13,16H2,(H,45,46)/t25-,26+,27-,30-,31+,37+/m0/s1. The van der Waals surface area contributed by atoms with Gasteiger partial charge < -0.3 is 15.2 Å². The van der Waals surface area contributed by atoms with Crippen LogP contribution >= 0.6 is 23.2 Å². The number of rotatable bonds is 6. The summed E-state index contributed by atoms with van der Waals surface area (Å²) in [5, 5.41) is 31.5. The average Bonchev–Trinajstić information content (AvgIpc) is 3.53. The van der Waals surface area contributed by atoms with E-state index in [4.69, 9.17) is 23.2 Å². The van der Waals surface area contributed by atoms with E-state index >= 15 is 4.79 Å². The van der Waals surface area contributed by atoms with Crippen molar-refractivity contribution in [3.63, 3.8) is 0 Å². The molecule has 0 unspecified atom stereocenters. The normalized spacial score (nSPS) is 26.1. The maximum Gasteiger partial charge on any atom is 0.488 e. The second-order valence-electron chi connectivity index (χ2n) is 14.0. The molecular weight excluding hydrogens is 763 g/mol. The van der Waals surface area contributed by atoms with Crippen molar-refractivity contribution in [2.75, 3.05) is 10.3 Å². The monoisotopic (exact) mass is 790 g/mol. The van der Waals surface area contributed by atoms with Crippen LogP contribution < -0.4 is 15.8 Å². The fraction of sp³-hybridized carbons (Fsp3) is 0.237. The molecular formula is C38H28BCl2F3N4O7. The quantitative estimate of drug-likeness (QED) is 0.120. The third kappa shape index (κ3) is 5.62. The number of nitrogens with one attached hydrogen (secondary N) is 1.